The molecule has 0 radical (unpaired) electrons. The Labute approximate surface area is 115 Å². The van der Waals surface area contributed by atoms with E-state index in [1.807, 2.05) is 6.07 Å². The molecular formula is C15H14N2O3. The molecule has 0 saturated carbocycles. The number of hydrogen-bond acceptors (Lipinski definition) is 2. The van der Waals surface area contributed by atoms with E-state index < -0.39 is 5.97 Å². The number of carbonyl (C=O) groups excluding carboxylic acids is 1. The lowest BCUT2D eigenvalue weighted by Gasteiger charge is -2.29. The van der Waals surface area contributed by atoms with Crippen LogP contribution >= 0.6 is 0 Å². The molecule has 2 aromatic rings. The Bertz CT molecular complexity index is 662. The maximum Gasteiger partial charge on any atom is 0.335 e. The fourth-order valence-electron chi connectivity index (χ4n) is 2.62. The molecule has 5 nitrogen and oxygen atoms in total. The number of hydrogen-bond donors (Lipinski definition) is 2. The van der Waals surface area contributed by atoms with Crippen LogP contribution in [0.4, 0.5) is 0 Å². The quantitative estimate of drug-likeness (QED) is 0.875. The zero-order chi connectivity index (χ0) is 14.1. The molecule has 5 heteroatoms. The van der Waals surface area contributed by atoms with Gasteiger partial charge in [-0.3, -0.25) is 4.79 Å². The molecule has 0 saturated heterocycles. The fraction of sp³-hybridized carbons (Fsp3) is 0.200. The fourth-order valence-corrected chi connectivity index (χ4v) is 2.62. The number of nitrogens with zero attached hydrogens (tertiary/aromatic N) is 1. The maximum absolute atomic E-state index is 12.3. The Balaban J connectivity index is 1.88. The summed E-state index contributed by atoms with van der Waals surface area (Å²) in [6.07, 6.45) is 2.29. The number of carboxylic acids is 1. The molecule has 0 aliphatic carbocycles. The minimum absolute atomic E-state index is 0.0543. The molecule has 0 spiro atoms. The highest BCUT2D eigenvalue weighted by atomic mass is 16.4. The number of aromatic carboxylic acids is 1. The highest BCUT2D eigenvalue weighted by Crippen LogP contribution is 2.23. The van der Waals surface area contributed by atoms with Crippen LogP contribution in [0.5, 0.6) is 0 Å². The molecule has 0 fully saturated rings. The van der Waals surface area contributed by atoms with Crippen molar-refractivity contribution in [2.24, 2.45) is 0 Å². The van der Waals surface area contributed by atoms with Crippen LogP contribution in [0.25, 0.3) is 0 Å². The summed E-state index contributed by atoms with van der Waals surface area (Å²) in [5.41, 5.74) is 2.66. The van der Waals surface area contributed by atoms with Crippen LogP contribution in [0.3, 0.4) is 0 Å². The van der Waals surface area contributed by atoms with Crippen molar-refractivity contribution in [2.45, 2.75) is 13.0 Å². The summed E-state index contributed by atoms with van der Waals surface area (Å²) in [7, 11) is 0. The van der Waals surface area contributed by atoms with E-state index in [9.17, 15) is 14.7 Å². The van der Waals surface area contributed by atoms with Crippen molar-refractivity contribution < 1.29 is 14.7 Å². The summed E-state index contributed by atoms with van der Waals surface area (Å²) in [6, 6.07) is 8.75. The monoisotopic (exact) mass is 270 g/mol. The van der Waals surface area contributed by atoms with E-state index in [2.05, 4.69) is 4.98 Å². The Kier molecular flexibility index (Phi) is 3.02. The first kappa shape index (κ1) is 12.5. The van der Waals surface area contributed by atoms with Gasteiger partial charge in [0.05, 0.1) is 5.56 Å². The van der Waals surface area contributed by atoms with Crippen molar-refractivity contribution in [2.75, 3.05) is 6.54 Å². The van der Waals surface area contributed by atoms with E-state index in [0.717, 1.165) is 11.1 Å². The Morgan fingerprint density at radius 2 is 2.05 bits per heavy atom. The van der Waals surface area contributed by atoms with Crippen molar-refractivity contribution >= 4 is 11.9 Å². The van der Waals surface area contributed by atoms with Gasteiger partial charge >= 0.3 is 5.97 Å². The molecule has 1 aromatic heterocycles. The number of carbonyl (C=O) groups is 2. The largest absolute Gasteiger partial charge is 0.478 e. The van der Waals surface area contributed by atoms with Crippen LogP contribution in [-0.4, -0.2) is 33.4 Å². The zero-order valence-electron chi connectivity index (χ0n) is 10.8. The lowest BCUT2D eigenvalue weighted by atomic mass is 9.94. The van der Waals surface area contributed by atoms with Gasteiger partial charge in [0.2, 0.25) is 0 Å². The molecule has 0 unspecified atom stereocenters. The molecule has 1 aliphatic heterocycles. The van der Waals surface area contributed by atoms with Crippen molar-refractivity contribution in [3.05, 3.63) is 58.9 Å². The van der Waals surface area contributed by atoms with Crippen LogP contribution < -0.4 is 0 Å². The first-order valence-corrected chi connectivity index (χ1v) is 6.43. The Morgan fingerprint density at radius 1 is 1.20 bits per heavy atom. The highest BCUT2D eigenvalue weighted by molar-refractivity contribution is 5.93. The average molecular weight is 270 g/mol. The molecule has 3 rings (SSSR count). The van der Waals surface area contributed by atoms with Crippen molar-refractivity contribution in [1.29, 1.82) is 0 Å². The van der Waals surface area contributed by atoms with Crippen molar-refractivity contribution in [1.82, 2.24) is 9.88 Å². The topological polar surface area (TPSA) is 73.4 Å². The molecule has 102 valence electrons. The lowest BCUT2D eigenvalue weighted by Crippen LogP contribution is -2.36. The number of fused-ring (bicyclic) bond motifs is 1. The van der Waals surface area contributed by atoms with Crippen molar-refractivity contribution in [3.63, 3.8) is 0 Å². The number of H-pyrrole nitrogens is 1. The number of carboxylic acid groups (broad SMARTS) is 1. The van der Waals surface area contributed by atoms with Gasteiger partial charge in [0.25, 0.3) is 5.91 Å². The SMILES string of the molecule is O=C(O)c1cccc2c1CCN(C(=O)c1ccc[nH]1)C2. The summed E-state index contributed by atoms with van der Waals surface area (Å²) in [4.78, 5) is 28.1. The second-order valence-electron chi connectivity index (χ2n) is 4.81. The number of benzene rings is 1. The van der Waals surface area contributed by atoms with Gasteiger partial charge in [-0.05, 0) is 35.7 Å². The molecule has 20 heavy (non-hydrogen) atoms. The Hall–Kier alpha value is -2.56. The highest BCUT2D eigenvalue weighted by Gasteiger charge is 2.25. The smallest absolute Gasteiger partial charge is 0.335 e. The summed E-state index contributed by atoms with van der Waals surface area (Å²) in [6.45, 7) is 0.990. The minimum Gasteiger partial charge on any atom is -0.478 e. The molecule has 0 atom stereocenters. The van der Waals surface area contributed by atoms with E-state index in [4.69, 9.17) is 0 Å². The number of aromatic amines is 1. The van der Waals surface area contributed by atoms with E-state index in [-0.39, 0.29) is 5.91 Å². The lowest BCUT2D eigenvalue weighted by molar-refractivity contribution is 0.0694. The predicted molar refractivity (Wildman–Crippen MR) is 72.6 cm³/mol. The van der Waals surface area contributed by atoms with Gasteiger partial charge in [0.15, 0.2) is 0 Å². The number of rotatable bonds is 2. The number of amides is 1. The molecule has 2 heterocycles. The predicted octanol–water partition coefficient (Wildman–Crippen LogP) is 1.91. The second kappa shape index (κ2) is 4.85. The normalized spacial score (nSPS) is 13.9. The molecular weight excluding hydrogens is 256 g/mol. The molecule has 1 amide bonds. The van der Waals surface area contributed by atoms with Gasteiger partial charge in [0, 0.05) is 19.3 Å². The van der Waals surface area contributed by atoms with Crippen LogP contribution in [0.2, 0.25) is 0 Å². The van der Waals surface area contributed by atoms with Gasteiger partial charge < -0.3 is 15.0 Å². The van der Waals surface area contributed by atoms with Crippen LogP contribution in [0, 0.1) is 0 Å². The third kappa shape index (κ3) is 2.07. The second-order valence-corrected chi connectivity index (χ2v) is 4.81. The van der Waals surface area contributed by atoms with E-state index in [0.29, 0.717) is 30.8 Å². The molecule has 2 N–H and O–H groups in total. The summed E-state index contributed by atoms with van der Waals surface area (Å²) in [5.74, 6) is -0.965. The van der Waals surface area contributed by atoms with E-state index >= 15 is 0 Å². The Morgan fingerprint density at radius 3 is 2.75 bits per heavy atom. The van der Waals surface area contributed by atoms with Crippen molar-refractivity contribution in [3.8, 4) is 0 Å². The third-order valence-corrected chi connectivity index (χ3v) is 3.61. The van der Waals surface area contributed by atoms with Crippen LogP contribution in [0.1, 0.15) is 32.0 Å². The van der Waals surface area contributed by atoms with E-state index in [1.54, 1.807) is 35.4 Å². The molecule has 1 aromatic carbocycles. The van der Waals surface area contributed by atoms with Gasteiger partial charge in [-0.2, -0.15) is 0 Å². The van der Waals surface area contributed by atoms with E-state index in [1.165, 1.54) is 0 Å². The van der Waals surface area contributed by atoms with Gasteiger partial charge in [0.1, 0.15) is 5.69 Å². The van der Waals surface area contributed by atoms with Crippen LogP contribution in [0.15, 0.2) is 36.5 Å². The maximum atomic E-state index is 12.3. The standard InChI is InChI=1S/C15H14N2O3/c18-14(13-5-2-7-16-13)17-8-6-11-10(9-17)3-1-4-12(11)15(19)20/h1-5,7,16H,6,8-9H2,(H,19,20). The third-order valence-electron chi connectivity index (χ3n) is 3.61. The zero-order valence-corrected chi connectivity index (χ0v) is 10.8. The minimum atomic E-state index is -0.911. The number of nitrogens with one attached hydrogen (secondary N) is 1. The summed E-state index contributed by atoms with van der Waals surface area (Å²) in [5, 5.41) is 9.18. The summed E-state index contributed by atoms with van der Waals surface area (Å²) < 4.78 is 0. The summed E-state index contributed by atoms with van der Waals surface area (Å²) >= 11 is 0. The molecule has 1 aliphatic rings. The average Bonchev–Trinajstić information content (AvgIpc) is 2.99. The van der Waals surface area contributed by atoms with Crippen LogP contribution in [-0.2, 0) is 13.0 Å². The van der Waals surface area contributed by atoms with Gasteiger partial charge in [-0.15, -0.1) is 0 Å². The first-order chi connectivity index (χ1) is 9.66. The van der Waals surface area contributed by atoms with Gasteiger partial charge in [-0.25, -0.2) is 4.79 Å². The van der Waals surface area contributed by atoms with Gasteiger partial charge in [-0.1, -0.05) is 12.1 Å². The number of aromatic nitrogens is 1. The molecule has 0 bridgehead atoms. The first-order valence-electron chi connectivity index (χ1n) is 6.43.